The zero-order chi connectivity index (χ0) is 16.1. The van der Waals surface area contributed by atoms with Crippen molar-refractivity contribution < 1.29 is 9.13 Å². The lowest BCUT2D eigenvalue weighted by molar-refractivity contribution is 0.0169. The first-order chi connectivity index (χ1) is 11.3. The number of rotatable bonds is 5. The zero-order valence-electron chi connectivity index (χ0n) is 13.6. The molecule has 5 nitrogen and oxygen atoms in total. The van der Waals surface area contributed by atoms with Gasteiger partial charge in [0.25, 0.3) is 0 Å². The first-order valence-corrected chi connectivity index (χ1v) is 8.30. The number of halogens is 1. The Morgan fingerprint density at radius 3 is 2.83 bits per heavy atom. The van der Waals surface area contributed by atoms with Gasteiger partial charge in [0.1, 0.15) is 5.82 Å². The number of hydrogen-bond acceptors (Lipinski definition) is 3. The third-order valence-corrected chi connectivity index (χ3v) is 4.32. The lowest BCUT2D eigenvalue weighted by Crippen LogP contribution is -2.46. The van der Waals surface area contributed by atoms with Gasteiger partial charge in [-0.3, -0.25) is 9.89 Å². The van der Waals surface area contributed by atoms with Crippen LogP contribution in [-0.2, 0) is 4.74 Å². The lowest BCUT2D eigenvalue weighted by Gasteiger charge is -2.35. The first-order valence-electron chi connectivity index (χ1n) is 8.30. The monoisotopic (exact) mass is 320 g/mol. The maximum atomic E-state index is 13.6. The van der Waals surface area contributed by atoms with Gasteiger partial charge in [-0.1, -0.05) is 12.1 Å². The van der Waals surface area contributed by atoms with Gasteiger partial charge in [-0.2, -0.15) is 0 Å². The van der Waals surface area contributed by atoms with Crippen LogP contribution in [0, 0.1) is 5.82 Å². The molecule has 2 fully saturated rings. The highest BCUT2D eigenvalue weighted by molar-refractivity contribution is 5.80. The Kier molecular flexibility index (Phi) is 5.46. The largest absolute Gasteiger partial charge is 0.379 e. The van der Waals surface area contributed by atoms with E-state index in [1.54, 1.807) is 19.2 Å². The normalized spacial score (nSPS) is 21.0. The van der Waals surface area contributed by atoms with Gasteiger partial charge < -0.3 is 15.4 Å². The summed E-state index contributed by atoms with van der Waals surface area (Å²) < 4.78 is 19.1. The Bertz CT molecular complexity index is 541. The Morgan fingerprint density at radius 1 is 1.39 bits per heavy atom. The van der Waals surface area contributed by atoms with Crippen molar-refractivity contribution in [1.82, 2.24) is 15.5 Å². The Labute approximate surface area is 136 Å². The molecule has 1 aromatic rings. The van der Waals surface area contributed by atoms with E-state index in [2.05, 4.69) is 20.5 Å². The van der Waals surface area contributed by atoms with Gasteiger partial charge in [-0.25, -0.2) is 4.39 Å². The molecular formula is C17H25FN4O. The van der Waals surface area contributed by atoms with E-state index >= 15 is 0 Å². The van der Waals surface area contributed by atoms with Crippen LogP contribution in [0.4, 0.5) is 4.39 Å². The van der Waals surface area contributed by atoms with Crippen LogP contribution in [0.3, 0.4) is 0 Å². The highest BCUT2D eigenvalue weighted by Gasteiger charge is 2.25. The fraction of sp³-hybridized carbons (Fsp3) is 0.588. The fourth-order valence-electron chi connectivity index (χ4n) is 2.87. The van der Waals surface area contributed by atoms with Crippen LogP contribution in [0.5, 0.6) is 0 Å². The van der Waals surface area contributed by atoms with E-state index in [1.165, 1.54) is 18.9 Å². The van der Waals surface area contributed by atoms with Crippen molar-refractivity contribution in [1.29, 1.82) is 0 Å². The number of ether oxygens (including phenoxy) is 1. The topological polar surface area (TPSA) is 48.9 Å². The minimum Gasteiger partial charge on any atom is -0.379 e. The molecule has 1 unspecified atom stereocenters. The van der Waals surface area contributed by atoms with Crippen LogP contribution in [0.2, 0.25) is 0 Å². The molecule has 1 saturated heterocycles. The van der Waals surface area contributed by atoms with Crippen LogP contribution >= 0.6 is 0 Å². The van der Waals surface area contributed by atoms with Crippen LogP contribution in [0.15, 0.2) is 29.3 Å². The molecule has 0 spiro atoms. The molecule has 0 bridgehead atoms. The Hall–Kier alpha value is -1.66. The summed E-state index contributed by atoms with van der Waals surface area (Å²) in [7, 11) is 1.78. The second-order valence-corrected chi connectivity index (χ2v) is 6.09. The van der Waals surface area contributed by atoms with Gasteiger partial charge in [0.2, 0.25) is 0 Å². The molecule has 6 heteroatoms. The average molecular weight is 320 g/mol. The summed E-state index contributed by atoms with van der Waals surface area (Å²) in [6.07, 6.45) is 2.41. The highest BCUT2D eigenvalue weighted by Crippen LogP contribution is 2.22. The van der Waals surface area contributed by atoms with Crippen LogP contribution in [-0.4, -0.2) is 56.8 Å². The van der Waals surface area contributed by atoms with E-state index in [1.807, 2.05) is 6.07 Å². The molecule has 126 valence electrons. The quantitative estimate of drug-likeness (QED) is 0.638. The molecule has 3 rings (SSSR count). The highest BCUT2D eigenvalue weighted by atomic mass is 19.1. The van der Waals surface area contributed by atoms with E-state index in [4.69, 9.17) is 4.74 Å². The molecule has 1 saturated carbocycles. The van der Waals surface area contributed by atoms with Crippen molar-refractivity contribution in [2.75, 3.05) is 39.9 Å². The molecule has 23 heavy (non-hydrogen) atoms. The third-order valence-electron chi connectivity index (χ3n) is 4.32. The zero-order valence-corrected chi connectivity index (χ0v) is 13.6. The number of benzene rings is 1. The summed E-state index contributed by atoms with van der Waals surface area (Å²) >= 11 is 0. The standard InChI is InChI=1S/C17H25FN4O/c1-19-17(21-15-5-6-15)20-12-16(22-7-9-23-10-8-22)13-3-2-4-14(18)11-13/h2-4,11,15-16H,5-10,12H2,1H3,(H2,19,20,21). The van der Waals surface area contributed by atoms with E-state index in [0.29, 0.717) is 12.6 Å². The first kappa shape index (κ1) is 16.2. The maximum absolute atomic E-state index is 13.6. The van der Waals surface area contributed by atoms with Crippen molar-refractivity contribution in [2.45, 2.75) is 24.9 Å². The number of guanidine groups is 1. The number of hydrogen-bond donors (Lipinski definition) is 2. The molecule has 0 amide bonds. The van der Waals surface area contributed by atoms with Crippen molar-refractivity contribution >= 4 is 5.96 Å². The van der Waals surface area contributed by atoms with E-state index in [-0.39, 0.29) is 11.9 Å². The summed E-state index contributed by atoms with van der Waals surface area (Å²) in [5.74, 6) is 0.628. The van der Waals surface area contributed by atoms with Crippen LogP contribution in [0.25, 0.3) is 0 Å². The molecule has 1 aromatic carbocycles. The summed E-state index contributed by atoms with van der Waals surface area (Å²) in [5, 5.41) is 6.77. The molecule has 0 radical (unpaired) electrons. The maximum Gasteiger partial charge on any atom is 0.191 e. The number of morpholine rings is 1. The minimum absolute atomic E-state index is 0.104. The molecular weight excluding hydrogens is 295 g/mol. The lowest BCUT2D eigenvalue weighted by atomic mass is 10.0. The minimum atomic E-state index is -0.193. The Morgan fingerprint density at radius 2 is 2.17 bits per heavy atom. The second kappa shape index (κ2) is 7.75. The molecule has 1 atom stereocenters. The van der Waals surface area contributed by atoms with Gasteiger partial charge >= 0.3 is 0 Å². The predicted octanol–water partition coefficient (Wildman–Crippen LogP) is 1.53. The molecule has 0 aromatic heterocycles. The summed E-state index contributed by atoms with van der Waals surface area (Å²) in [6.45, 7) is 3.85. The van der Waals surface area contributed by atoms with Gasteiger partial charge in [-0.15, -0.1) is 0 Å². The van der Waals surface area contributed by atoms with Gasteiger partial charge in [0.05, 0.1) is 19.3 Å². The fourth-order valence-corrected chi connectivity index (χ4v) is 2.87. The molecule has 2 aliphatic rings. The molecule has 1 heterocycles. The van der Waals surface area contributed by atoms with Crippen molar-refractivity contribution in [3.05, 3.63) is 35.6 Å². The van der Waals surface area contributed by atoms with Crippen molar-refractivity contribution in [3.63, 3.8) is 0 Å². The number of nitrogens with zero attached hydrogens (tertiary/aromatic N) is 2. The summed E-state index contributed by atoms with van der Waals surface area (Å²) in [4.78, 5) is 6.62. The molecule has 1 aliphatic heterocycles. The number of nitrogens with one attached hydrogen (secondary N) is 2. The van der Waals surface area contributed by atoms with E-state index in [0.717, 1.165) is 37.8 Å². The number of aliphatic imine (C=N–C) groups is 1. The van der Waals surface area contributed by atoms with Crippen LogP contribution < -0.4 is 10.6 Å². The predicted molar refractivity (Wildman–Crippen MR) is 89.1 cm³/mol. The van der Waals surface area contributed by atoms with Crippen molar-refractivity contribution in [2.24, 2.45) is 4.99 Å². The Balaban J connectivity index is 1.68. The second-order valence-electron chi connectivity index (χ2n) is 6.09. The molecule has 2 N–H and O–H groups in total. The van der Waals surface area contributed by atoms with Crippen molar-refractivity contribution in [3.8, 4) is 0 Å². The van der Waals surface area contributed by atoms with Gasteiger partial charge in [-0.05, 0) is 30.5 Å². The average Bonchev–Trinajstić information content (AvgIpc) is 3.39. The molecule has 1 aliphatic carbocycles. The summed E-state index contributed by atoms with van der Waals surface area (Å²) in [6, 6.07) is 7.53. The SMILES string of the molecule is CN=C(NCC(c1cccc(F)c1)N1CCOCC1)NC1CC1. The third kappa shape index (κ3) is 4.65. The van der Waals surface area contributed by atoms with E-state index < -0.39 is 0 Å². The summed E-state index contributed by atoms with van der Waals surface area (Å²) in [5.41, 5.74) is 0.987. The van der Waals surface area contributed by atoms with Gasteiger partial charge in [0.15, 0.2) is 5.96 Å². The smallest absolute Gasteiger partial charge is 0.191 e. The van der Waals surface area contributed by atoms with E-state index in [9.17, 15) is 4.39 Å². The van der Waals surface area contributed by atoms with Crippen LogP contribution in [0.1, 0.15) is 24.4 Å². The van der Waals surface area contributed by atoms with Gasteiger partial charge in [0, 0.05) is 32.7 Å².